The van der Waals surface area contributed by atoms with Crippen molar-refractivity contribution >= 4 is 5.91 Å². The van der Waals surface area contributed by atoms with Crippen LogP contribution >= 0.6 is 0 Å². The van der Waals surface area contributed by atoms with E-state index in [1.54, 1.807) is 13.1 Å². The standard InChI is InChI=1S/C10H14N4O/c1-8(7-11)10(15)13-4-3-9-12-5-6-14(9)2/h5-6,8H,3-4H2,1-2H3,(H,13,15). The van der Waals surface area contributed by atoms with Gasteiger partial charge in [-0.05, 0) is 6.92 Å². The average molecular weight is 206 g/mol. The third kappa shape index (κ3) is 3.09. The van der Waals surface area contributed by atoms with Gasteiger partial charge in [-0.15, -0.1) is 0 Å². The summed E-state index contributed by atoms with van der Waals surface area (Å²) in [6.07, 6.45) is 4.25. The molecule has 80 valence electrons. The summed E-state index contributed by atoms with van der Waals surface area (Å²) < 4.78 is 1.90. The molecule has 1 rings (SSSR count). The normalized spacial score (nSPS) is 11.8. The Bertz CT molecular complexity index is 377. The molecular weight excluding hydrogens is 192 g/mol. The Kier molecular flexibility index (Phi) is 3.86. The number of nitriles is 1. The second-order valence-corrected chi connectivity index (χ2v) is 3.35. The molecule has 1 amide bonds. The molecule has 0 bridgehead atoms. The van der Waals surface area contributed by atoms with E-state index < -0.39 is 5.92 Å². The molecular formula is C10H14N4O. The molecule has 1 atom stereocenters. The van der Waals surface area contributed by atoms with Gasteiger partial charge in [-0.2, -0.15) is 5.26 Å². The highest BCUT2D eigenvalue weighted by atomic mass is 16.1. The van der Waals surface area contributed by atoms with Crippen molar-refractivity contribution in [2.75, 3.05) is 6.54 Å². The molecule has 1 aromatic heterocycles. The highest BCUT2D eigenvalue weighted by molar-refractivity contribution is 5.80. The van der Waals surface area contributed by atoms with Gasteiger partial charge < -0.3 is 9.88 Å². The lowest BCUT2D eigenvalue weighted by Crippen LogP contribution is -2.30. The molecule has 0 fully saturated rings. The van der Waals surface area contributed by atoms with Crippen LogP contribution in [0.25, 0.3) is 0 Å². The molecule has 0 aliphatic rings. The van der Waals surface area contributed by atoms with Crippen LogP contribution in [-0.2, 0) is 18.3 Å². The maximum atomic E-state index is 11.2. The Morgan fingerprint density at radius 2 is 2.53 bits per heavy atom. The van der Waals surface area contributed by atoms with Crippen molar-refractivity contribution in [3.8, 4) is 6.07 Å². The van der Waals surface area contributed by atoms with Gasteiger partial charge in [-0.3, -0.25) is 4.79 Å². The summed E-state index contributed by atoms with van der Waals surface area (Å²) in [6.45, 7) is 2.09. The first-order chi connectivity index (χ1) is 7.15. The number of amides is 1. The van der Waals surface area contributed by atoms with Gasteiger partial charge in [0.05, 0.1) is 6.07 Å². The first kappa shape index (κ1) is 11.2. The van der Waals surface area contributed by atoms with Crippen LogP contribution in [0.1, 0.15) is 12.7 Å². The number of rotatable bonds is 4. The molecule has 5 nitrogen and oxygen atoms in total. The van der Waals surface area contributed by atoms with Crippen LogP contribution in [0, 0.1) is 17.2 Å². The minimum atomic E-state index is -0.591. The summed E-state index contributed by atoms with van der Waals surface area (Å²) in [4.78, 5) is 15.4. The van der Waals surface area contributed by atoms with E-state index in [1.807, 2.05) is 23.9 Å². The van der Waals surface area contributed by atoms with Crippen LogP contribution in [0.4, 0.5) is 0 Å². The molecule has 1 heterocycles. The summed E-state index contributed by atoms with van der Waals surface area (Å²) in [6, 6.07) is 1.89. The van der Waals surface area contributed by atoms with E-state index in [2.05, 4.69) is 10.3 Å². The van der Waals surface area contributed by atoms with Crippen LogP contribution in [0.5, 0.6) is 0 Å². The van der Waals surface area contributed by atoms with E-state index in [9.17, 15) is 4.79 Å². The van der Waals surface area contributed by atoms with Crippen molar-refractivity contribution in [2.45, 2.75) is 13.3 Å². The summed E-state index contributed by atoms with van der Waals surface area (Å²) >= 11 is 0. The fraction of sp³-hybridized carbons (Fsp3) is 0.500. The molecule has 15 heavy (non-hydrogen) atoms. The van der Waals surface area contributed by atoms with Crippen LogP contribution in [0.3, 0.4) is 0 Å². The summed E-state index contributed by atoms with van der Waals surface area (Å²) in [5.41, 5.74) is 0. The molecule has 0 saturated heterocycles. The lowest BCUT2D eigenvalue weighted by Gasteiger charge is -2.05. The molecule has 0 spiro atoms. The Morgan fingerprint density at radius 3 is 3.07 bits per heavy atom. The monoisotopic (exact) mass is 206 g/mol. The minimum Gasteiger partial charge on any atom is -0.355 e. The van der Waals surface area contributed by atoms with Crippen molar-refractivity contribution < 1.29 is 4.79 Å². The van der Waals surface area contributed by atoms with Crippen LogP contribution < -0.4 is 5.32 Å². The lowest BCUT2D eigenvalue weighted by atomic mass is 10.2. The first-order valence-electron chi connectivity index (χ1n) is 4.78. The molecule has 5 heteroatoms. The van der Waals surface area contributed by atoms with Crippen LogP contribution in [0.15, 0.2) is 12.4 Å². The number of hydrogen-bond acceptors (Lipinski definition) is 3. The van der Waals surface area contributed by atoms with Crippen molar-refractivity contribution in [3.63, 3.8) is 0 Å². The predicted octanol–water partition coefficient (Wildman–Crippen LogP) is 0.238. The second kappa shape index (κ2) is 5.15. The number of nitrogens with one attached hydrogen (secondary N) is 1. The average Bonchev–Trinajstić information content (AvgIpc) is 2.63. The zero-order valence-electron chi connectivity index (χ0n) is 8.90. The third-order valence-corrected chi connectivity index (χ3v) is 2.16. The summed E-state index contributed by atoms with van der Waals surface area (Å²) in [5, 5.41) is 11.2. The van der Waals surface area contributed by atoms with Gasteiger partial charge in [-0.25, -0.2) is 4.98 Å². The Hall–Kier alpha value is -1.83. The molecule has 1 unspecified atom stereocenters. The van der Waals surface area contributed by atoms with E-state index in [4.69, 9.17) is 5.26 Å². The second-order valence-electron chi connectivity index (χ2n) is 3.35. The maximum absolute atomic E-state index is 11.2. The zero-order valence-corrected chi connectivity index (χ0v) is 8.90. The fourth-order valence-corrected chi connectivity index (χ4v) is 1.15. The molecule has 1 N–H and O–H groups in total. The van der Waals surface area contributed by atoms with Crippen LogP contribution in [-0.4, -0.2) is 22.0 Å². The number of hydrogen-bond donors (Lipinski definition) is 1. The highest BCUT2D eigenvalue weighted by Crippen LogP contribution is 1.95. The molecule has 0 aromatic carbocycles. The number of aromatic nitrogens is 2. The largest absolute Gasteiger partial charge is 0.355 e. The maximum Gasteiger partial charge on any atom is 0.237 e. The number of imidazole rings is 1. The third-order valence-electron chi connectivity index (χ3n) is 2.16. The van der Waals surface area contributed by atoms with Crippen molar-refractivity contribution in [3.05, 3.63) is 18.2 Å². The van der Waals surface area contributed by atoms with Crippen molar-refractivity contribution in [1.29, 1.82) is 5.26 Å². The van der Waals surface area contributed by atoms with E-state index in [1.165, 1.54) is 0 Å². The summed E-state index contributed by atoms with van der Waals surface area (Å²) in [7, 11) is 1.90. The number of nitrogens with zero attached hydrogens (tertiary/aromatic N) is 3. The van der Waals surface area contributed by atoms with E-state index in [0.29, 0.717) is 13.0 Å². The van der Waals surface area contributed by atoms with Crippen molar-refractivity contribution in [1.82, 2.24) is 14.9 Å². The quantitative estimate of drug-likeness (QED) is 0.767. The molecule has 1 aromatic rings. The fourth-order valence-electron chi connectivity index (χ4n) is 1.15. The number of carbonyl (C=O) groups is 1. The minimum absolute atomic E-state index is 0.230. The van der Waals surface area contributed by atoms with E-state index >= 15 is 0 Å². The van der Waals surface area contributed by atoms with Gasteiger partial charge in [0.2, 0.25) is 5.91 Å². The highest BCUT2D eigenvalue weighted by Gasteiger charge is 2.10. The molecule has 0 aliphatic carbocycles. The molecule has 0 radical (unpaired) electrons. The Labute approximate surface area is 88.7 Å². The van der Waals surface area contributed by atoms with Gasteiger partial charge in [0.25, 0.3) is 0 Å². The van der Waals surface area contributed by atoms with Gasteiger partial charge in [0.1, 0.15) is 11.7 Å². The topological polar surface area (TPSA) is 70.7 Å². The van der Waals surface area contributed by atoms with Crippen molar-refractivity contribution in [2.24, 2.45) is 13.0 Å². The number of carbonyl (C=O) groups excluding carboxylic acids is 1. The first-order valence-corrected chi connectivity index (χ1v) is 4.78. The van der Waals surface area contributed by atoms with E-state index in [0.717, 1.165) is 5.82 Å². The Balaban J connectivity index is 2.32. The smallest absolute Gasteiger partial charge is 0.237 e. The van der Waals surface area contributed by atoms with Crippen LogP contribution in [0.2, 0.25) is 0 Å². The molecule has 0 saturated carbocycles. The molecule has 0 aliphatic heterocycles. The predicted molar refractivity (Wildman–Crippen MR) is 54.7 cm³/mol. The number of aryl methyl sites for hydroxylation is 1. The van der Waals surface area contributed by atoms with Gasteiger partial charge in [-0.1, -0.05) is 0 Å². The summed E-state index contributed by atoms with van der Waals surface area (Å²) in [5.74, 6) is 0.0954. The van der Waals surface area contributed by atoms with E-state index in [-0.39, 0.29) is 5.91 Å². The Morgan fingerprint density at radius 1 is 1.80 bits per heavy atom. The van der Waals surface area contributed by atoms with Gasteiger partial charge in [0.15, 0.2) is 0 Å². The van der Waals surface area contributed by atoms with Gasteiger partial charge >= 0.3 is 0 Å². The lowest BCUT2D eigenvalue weighted by molar-refractivity contribution is -0.122. The SMILES string of the molecule is CC(C#N)C(=O)NCCc1nccn1C. The van der Waals surface area contributed by atoms with Gasteiger partial charge in [0, 0.05) is 32.4 Å². The zero-order chi connectivity index (χ0) is 11.3.